The van der Waals surface area contributed by atoms with Gasteiger partial charge in [0.25, 0.3) is 0 Å². The van der Waals surface area contributed by atoms with Crippen LogP contribution >= 0.6 is 23.2 Å². The number of nitrogens with zero attached hydrogens (tertiary/aromatic N) is 1. The highest BCUT2D eigenvalue weighted by Crippen LogP contribution is 2.22. The highest BCUT2D eigenvalue weighted by Gasteiger charge is 2.07. The van der Waals surface area contributed by atoms with Gasteiger partial charge in [0.15, 0.2) is 5.76 Å². The third-order valence-corrected chi connectivity index (χ3v) is 3.40. The van der Waals surface area contributed by atoms with Crippen LogP contribution in [0.1, 0.15) is 5.76 Å². The Morgan fingerprint density at radius 1 is 0.905 bits per heavy atom. The van der Waals surface area contributed by atoms with Crippen molar-refractivity contribution in [1.82, 2.24) is 5.16 Å². The molecule has 0 fully saturated rings. The number of ether oxygens (including phenoxy) is 1. The largest absolute Gasteiger partial charge is 0.486 e. The molecule has 0 amide bonds. The Morgan fingerprint density at radius 2 is 1.52 bits per heavy atom. The van der Waals surface area contributed by atoms with Crippen LogP contribution in [0.15, 0.2) is 59.1 Å². The third-order valence-electron chi connectivity index (χ3n) is 2.89. The highest BCUT2D eigenvalue weighted by molar-refractivity contribution is 6.30. The van der Waals surface area contributed by atoms with E-state index in [0.717, 1.165) is 17.0 Å². The molecule has 1 aromatic heterocycles. The molecule has 0 atom stereocenters. The second kappa shape index (κ2) is 6.20. The minimum absolute atomic E-state index is 0.308. The molecule has 0 aliphatic carbocycles. The second-order valence-electron chi connectivity index (χ2n) is 4.43. The van der Waals surface area contributed by atoms with Crippen molar-refractivity contribution in [3.05, 3.63) is 70.4 Å². The zero-order valence-electron chi connectivity index (χ0n) is 10.9. The predicted octanol–water partition coefficient (Wildman–Crippen LogP) is 5.23. The molecule has 5 heteroatoms. The number of hydrogen-bond acceptors (Lipinski definition) is 3. The molecule has 0 saturated carbocycles. The molecular weight excluding hydrogens is 309 g/mol. The summed E-state index contributed by atoms with van der Waals surface area (Å²) in [6.45, 7) is 0.308. The molecule has 0 saturated heterocycles. The first-order valence-electron chi connectivity index (χ1n) is 6.30. The third kappa shape index (κ3) is 3.57. The fourth-order valence-corrected chi connectivity index (χ4v) is 2.07. The van der Waals surface area contributed by atoms with Crippen molar-refractivity contribution in [1.29, 1.82) is 0 Å². The second-order valence-corrected chi connectivity index (χ2v) is 5.30. The minimum atomic E-state index is 0.308. The maximum absolute atomic E-state index is 5.86. The lowest BCUT2D eigenvalue weighted by molar-refractivity contribution is 0.249. The zero-order valence-corrected chi connectivity index (χ0v) is 12.4. The van der Waals surface area contributed by atoms with Gasteiger partial charge in [-0.25, -0.2) is 0 Å². The average molecular weight is 320 g/mol. The highest BCUT2D eigenvalue weighted by atomic mass is 35.5. The first-order chi connectivity index (χ1) is 10.2. The van der Waals surface area contributed by atoms with Crippen molar-refractivity contribution in [2.24, 2.45) is 0 Å². The maximum atomic E-state index is 5.86. The van der Waals surface area contributed by atoms with Gasteiger partial charge in [-0.3, -0.25) is 0 Å². The topological polar surface area (TPSA) is 35.3 Å². The lowest BCUT2D eigenvalue weighted by Gasteiger charge is -2.02. The van der Waals surface area contributed by atoms with E-state index in [2.05, 4.69) is 5.16 Å². The van der Waals surface area contributed by atoms with Crippen molar-refractivity contribution in [3.63, 3.8) is 0 Å². The van der Waals surface area contributed by atoms with Gasteiger partial charge in [-0.15, -0.1) is 0 Å². The standard InChI is InChI=1S/C16H11Cl2NO2/c17-12-3-1-11(2-4-12)16-9-15(21-19-16)10-20-14-7-5-13(18)6-8-14/h1-9H,10H2. The van der Waals surface area contributed by atoms with Gasteiger partial charge in [0.2, 0.25) is 0 Å². The summed E-state index contributed by atoms with van der Waals surface area (Å²) in [6.07, 6.45) is 0. The Morgan fingerprint density at radius 3 is 2.19 bits per heavy atom. The summed E-state index contributed by atoms with van der Waals surface area (Å²) in [5.74, 6) is 1.37. The molecule has 0 aliphatic rings. The molecule has 3 aromatic rings. The fraction of sp³-hybridized carbons (Fsp3) is 0.0625. The monoisotopic (exact) mass is 319 g/mol. The van der Waals surface area contributed by atoms with E-state index in [9.17, 15) is 0 Å². The number of aromatic nitrogens is 1. The van der Waals surface area contributed by atoms with E-state index in [1.165, 1.54) is 0 Å². The summed E-state index contributed by atoms with van der Waals surface area (Å²) in [6, 6.07) is 16.4. The van der Waals surface area contributed by atoms with Crippen LogP contribution < -0.4 is 4.74 Å². The Labute approximate surface area is 132 Å². The molecule has 3 nitrogen and oxygen atoms in total. The summed E-state index contributed by atoms with van der Waals surface area (Å²) < 4.78 is 10.9. The zero-order chi connectivity index (χ0) is 14.7. The van der Waals surface area contributed by atoms with E-state index in [-0.39, 0.29) is 0 Å². The number of benzene rings is 2. The van der Waals surface area contributed by atoms with Gasteiger partial charge in [0.05, 0.1) is 0 Å². The van der Waals surface area contributed by atoms with Gasteiger partial charge in [-0.2, -0.15) is 0 Å². The summed E-state index contributed by atoms with van der Waals surface area (Å²) in [5.41, 5.74) is 1.70. The van der Waals surface area contributed by atoms with E-state index in [0.29, 0.717) is 22.4 Å². The Hall–Kier alpha value is -1.97. The molecule has 1 heterocycles. The predicted molar refractivity (Wildman–Crippen MR) is 82.7 cm³/mol. The van der Waals surface area contributed by atoms with Crippen molar-refractivity contribution >= 4 is 23.2 Å². The SMILES string of the molecule is Clc1ccc(OCc2cc(-c3ccc(Cl)cc3)no2)cc1. The van der Waals surface area contributed by atoms with Crippen LogP contribution in [0.25, 0.3) is 11.3 Å². The van der Waals surface area contributed by atoms with E-state index >= 15 is 0 Å². The van der Waals surface area contributed by atoms with Crippen LogP contribution in [0.5, 0.6) is 5.75 Å². The first-order valence-corrected chi connectivity index (χ1v) is 7.06. The molecule has 0 aliphatic heterocycles. The molecule has 21 heavy (non-hydrogen) atoms. The molecule has 2 aromatic carbocycles. The molecule has 106 valence electrons. The van der Waals surface area contributed by atoms with Gasteiger partial charge < -0.3 is 9.26 Å². The summed E-state index contributed by atoms with van der Waals surface area (Å²) in [4.78, 5) is 0. The summed E-state index contributed by atoms with van der Waals surface area (Å²) in [5, 5.41) is 5.38. The van der Waals surface area contributed by atoms with Crippen molar-refractivity contribution in [3.8, 4) is 17.0 Å². The van der Waals surface area contributed by atoms with Gasteiger partial charge >= 0.3 is 0 Å². The summed E-state index contributed by atoms with van der Waals surface area (Å²) >= 11 is 11.7. The molecule has 0 N–H and O–H groups in total. The van der Waals surface area contributed by atoms with E-state index in [1.54, 1.807) is 24.3 Å². The minimum Gasteiger partial charge on any atom is -0.486 e. The van der Waals surface area contributed by atoms with Crippen LogP contribution in [0.2, 0.25) is 10.0 Å². The molecule has 0 spiro atoms. The lowest BCUT2D eigenvalue weighted by atomic mass is 10.1. The Kier molecular flexibility index (Phi) is 4.13. The van der Waals surface area contributed by atoms with Crippen LogP contribution in [0.3, 0.4) is 0 Å². The van der Waals surface area contributed by atoms with E-state index in [4.69, 9.17) is 32.5 Å². The first kappa shape index (κ1) is 14.0. The molecule has 0 radical (unpaired) electrons. The van der Waals surface area contributed by atoms with Crippen molar-refractivity contribution < 1.29 is 9.26 Å². The van der Waals surface area contributed by atoms with Crippen LogP contribution in [0.4, 0.5) is 0 Å². The van der Waals surface area contributed by atoms with E-state index < -0.39 is 0 Å². The molecule has 0 unspecified atom stereocenters. The van der Waals surface area contributed by atoms with Gasteiger partial charge in [-0.1, -0.05) is 40.5 Å². The molecule has 0 bridgehead atoms. The Balaban J connectivity index is 1.67. The van der Waals surface area contributed by atoms with Crippen LogP contribution in [-0.4, -0.2) is 5.16 Å². The normalized spacial score (nSPS) is 10.6. The van der Waals surface area contributed by atoms with Gasteiger partial charge in [-0.05, 0) is 36.4 Å². The fourth-order valence-electron chi connectivity index (χ4n) is 1.82. The van der Waals surface area contributed by atoms with Crippen molar-refractivity contribution in [2.45, 2.75) is 6.61 Å². The maximum Gasteiger partial charge on any atom is 0.174 e. The molecule has 3 rings (SSSR count). The van der Waals surface area contributed by atoms with Gasteiger partial charge in [0, 0.05) is 21.7 Å². The number of hydrogen-bond donors (Lipinski definition) is 0. The molecular formula is C16H11Cl2NO2. The Bertz CT molecular complexity index is 721. The number of rotatable bonds is 4. The van der Waals surface area contributed by atoms with Crippen molar-refractivity contribution in [2.75, 3.05) is 0 Å². The number of halogens is 2. The smallest absolute Gasteiger partial charge is 0.174 e. The van der Waals surface area contributed by atoms with Crippen LogP contribution in [0, 0.1) is 0 Å². The average Bonchev–Trinajstić information content (AvgIpc) is 2.96. The van der Waals surface area contributed by atoms with Crippen LogP contribution in [-0.2, 0) is 6.61 Å². The summed E-state index contributed by atoms with van der Waals surface area (Å²) in [7, 11) is 0. The van der Waals surface area contributed by atoms with Gasteiger partial charge in [0.1, 0.15) is 18.1 Å². The lowest BCUT2D eigenvalue weighted by Crippen LogP contribution is -1.93. The van der Waals surface area contributed by atoms with E-state index in [1.807, 2.05) is 30.3 Å². The quantitative estimate of drug-likeness (QED) is 0.660.